The van der Waals surface area contributed by atoms with Crippen molar-refractivity contribution in [2.24, 2.45) is 5.92 Å². The number of ether oxygens (including phenoxy) is 1. The van der Waals surface area contributed by atoms with Gasteiger partial charge in [-0.2, -0.15) is 0 Å². The lowest BCUT2D eigenvalue weighted by molar-refractivity contribution is 0.0793. The Bertz CT molecular complexity index is 1080. The van der Waals surface area contributed by atoms with E-state index in [0.717, 1.165) is 16.9 Å². The van der Waals surface area contributed by atoms with Gasteiger partial charge in [0.15, 0.2) is 11.6 Å². The molecular formula is C26H31N3O4. The van der Waals surface area contributed by atoms with Gasteiger partial charge >= 0.3 is 0 Å². The van der Waals surface area contributed by atoms with Gasteiger partial charge in [0, 0.05) is 38.1 Å². The number of aromatic nitrogens is 2. The average Bonchev–Trinajstić information content (AvgIpc) is 3.22. The van der Waals surface area contributed by atoms with Gasteiger partial charge < -0.3 is 24.4 Å². The molecule has 1 aliphatic rings. The Kier molecular flexibility index (Phi) is 7.11. The lowest BCUT2D eigenvalue weighted by atomic mass is 9.91. The standard InChI is InChI=1S/C26H31N3O4/c1-28-25-23(22(31)15-12-20(26(28)32)9-6-16-30)29(17-18-7-4-3-5-8-18)24(27-25)19-10-13-21(33-2)14-11-19/h3-5,7-8,10-11,13-14,20,26,30,32H,6,9,12,15-17H2,1-2H3. The van der Waals surface area contributed by atoms with Crippen molar-refractivity contribution in [1.82, 2.24) is 9.55 Å². The van der Waals surface area contributed by atoms with Gasteiger partial charge in [0.05, 0.1) is 7.11 Å². The summed E-state index contributed by atoms with van der Waals surface area (Å²) in [7, 11) is 3.41. The zero-order valence-electron chi connectivity index (χ0n) is 19.1. The van der Waals surface area contributed by atoms with E-state index in [1.807, 2.05) is 59.2 Å². The first-order valence-corrected chi connectivity index (χ1v) is 11.4. The fourth-order valence-corrected chi connectivity index (χ4v) is 4.51. The molecule has 0 fully saturated rings. The van der Waals surface area contributed by atoms with Gasteiger partial charge in [0.2, 0.25) is 0 Å². The molecule has 1 aliphatic heterocycles. The SMILES string of the molecule is COc1ccc(-c2nc3c(n2Cc2ccccc2)C(=O)CCC(CCCO)C(O)N3C)cc1. The van der Waals surface area contributed by atoms with Crippen LogP contribution in [0.4, 0.5) is 5.82 Å². The molecule has 4 rings (SSSR count). The normalized spacial score (nSPS) is 18.5. The van der Waals surface area contributed by atoms with E-state index in [-0.39, 0.29) is 18.3 Å². The molecule has 3 aromatic rings. The van der Waals surface area contributed by atoms with Gasteiger partial charge in [-0.15, -0.1) is 0 Å². The van der Waals surface area contributed by atoms with Gasteiger partial charge in [0.25, 0.3) is 0 Å². The molecule has 0 saturated heterocycles. The topological polar surface area (TPSA) is 87.8 Å². The van der Waals surface area contributed by atoms with Crippen LogP contribution in [0.5, 0.6) is 5.75 Å². The third-order valence-corrected chi connectivity index (χ3v) is 6.37. The minimum atomic E-state index is -0.785. The molecule has 2 heterocycles. The number of methoxy groups -OCH3 is 1. The van der Waals surface area contributed by atoms with Crippen LogP contribution in [0.15, 0.2) is 54.6 Å². The molecule has 2 unspecified atom stereocenters. The first kappa shape index (κ1) is 23.0. The Morgan fingerprint density at radius 1 is 1.12 bits per heavy atom. The van der Waals surface area contributed by atoms with Crippen LogP contribution in [0.1, 0.15) is 41.7 Å². The number of imidazole rings is 1. The molecule has 0 bridgehead atoms. The molecular weight excluding hydrogens is 418 g/mol. The number of benzene rings is 2. The summed E-state index contributed by atoms with van der Waals surface area (Å²) in [6.45, 7) is 0.563. The number of carbonyl (C=O) groups is 1. The summed E-state index contributed by atoms with van der Waals surface area (Å²) < 4.78 is 7.26. The highest BCUT2D eigenvalue weighted by atomic mass is 16.5. The Labute approximate surface area is 194 Å². The zero-order chi connectivity index (χ0) is 23.4. The van der Waals surface area contributed by atoms with E-state index in [2.05, 4.69) is 0 Å². The smallest absolute Gasteiger partial charge is 0.183 e. The molecule has 0 amide bonds. The molecule has 0 radical (unpaired) electrons. The number of hydrogen-bond acceptors (Lipinski definition) is 6. The zero-order valence-corrected chi connectivity index (χ0v) is 19.1. The Balaban J connectivity index is 1.83. The van der Waals surface area contributed by atoms with E-state index in [9.17, 15) is 15.0 Å². The summed E-state index contributed by atoms with van der Waals surface area (Å²) in [6, 6.07) is 17.6. The molecule has 0 spiro atoms. The van der Waals surface area contributed by atoms with Crippen molar-refractivity contribution in [1.29, 1.82) is 0 Å². The maximum atomic E-state index is 13.4. The maximum Gasteiger partial charge on any atom is 0.183 e. The molecule has 7 nitrogen and oxygen atoms in total. The molecule has 2 N–H and O–H groups in total. The first-order chi connectivity index (χ1) is 16.0. The van der Waals surface area contributed by atoms with Crippen LogP contribution < -0.4 is 9.64 Å². The molecule has 0 saturated carbocycles. The number of nitrogens with zero attached hydrogens (tertiary/aromatic N) is 3. The third-order valence-electron chi connectivity index (χ3n) is 6.37. The molecule has 174 valence electrons. The van der Waals surface area contributed by atoms with E-state index in [4.69, 9.17) is 9.72 Å². The maximum absolute atomic E-state index is 13.4. The van der Waals surface area contributed by atoms with Crippen LogP contribution >= 0.6 is 0 Å². The second kappa shape index (κ2) is 10.2. The van der Waals surface area contributed by atoms with Crippen molar-refractivity contribution >= 4 is 11.6 Å². The number of fused-ring (bicyclic) bond motifs is 1. The lowest BCUT2D eigenvalue weighted by Crippen LogP contribution is -2.40. The molecule has 2 atom stereocenters. The molecule has 0 aliphatic carbocycles. The number of rotatable bonds is 7. The number of aliphatic hydroxyl groups is 2. The largest absolute Gasteiger partial charge is 0.497 e. The molecule has 33 heavy (non-hydrogen) atoms. The number of Topliss-reactive ketones (excluding diaryl/α,β-unsaturated/α-hetero) is 1. The van der Waals surface area contributed by atoms with E-state index < -0.39 is 6.23 Å². The predicted octanol–water partition coefficient (Wildman–Crippen LogP) is 3.73. The van der Waals surface area contributed by atoms with E-state index in [0.29, 0.717) is 49.6 Å². The fraction of sp³-hybridized carbons (Fsp3) is 0.385. The van der Waals surface area contributed by atoms with Gasteiger partial charge in [-0.25, -0.2) is 4.98 Å². The number of aliphatic hydroxyl groups excluding tert-OH is 2. The van der Waals surface area contributed by atoms with Crippen molar-refractivity contribution in [2.45, 2.75) is 38.5 Å². The third kappa shape index (κ3) is 4.79. The Hall–Kier alpha value is -3.16. The highest BCUT2D eigenvalue weighted by molar-refractivity contribution is 6.00. The number of anilines is 1. The summed E-state index contributed by atoms with van der Waals surface area (Å²) >= 11 is 0. The second-order valence-electron chi connectivity index (χ2n) is 8.52. The Morgan fingerprint density at radius 3 is 2.52 bits per heavy atom. The van der Waals surface area contributed by atoms with Crippen molar-refractivity contribution in [3.8, 4) is 17.1 Å². The number of hydrogen-bond donors (Lipinski definition) is 2. The Morgan fingerprint density at radius 2 is 1.85 bits per heavy atom. The minimum Gasteiger partial charge on any atom is -0.497 e. The summed E-state index contributed by atoms with van der Waals surface area (Å²) in [5.74, 6) is 1.81. The van der Waals surface area contributed by atoms with E-state index >= 15 is 0 Å². The quantitative estimate of drug-likeness (QED) is 0.572. The van der Waals surface area contributed by atoms with Gasteiger partial charge in [-0.3, -0.25) is 4.79 Å². The first-order valence-electron chi connectivity index (χ1n) is 11.4. The van der Waals surface area contributed by atoms with Crippen LogP contribution in [-0.2, 0) is 6.54 Å². The molecule has 1 aromatic heterocycles. The highest BCUT2D eigenvalue weighted by Gasteiger charge is 2.34. The monoisotopic (exact) mass is 449 g/mol. The van der Waals surface area contributed by atoms with Gasteiger partial charge in [-0.1, -0.05) is 30.3 Å². The van der Waals surface area contributed by atoms with Gasteiger partial charge in [-0.05, 0) is 49.1 Å². The lowest BCUT2D eigenvalue weighted by Gasteiger charge is -2.33. The fourth-order valence-electron chi connectivity index (χ4n) is 4.51. The number of carbonyl (C=O) groups excluding carboxylic acids is 1. The van der Waals surface area contributed by atoms with Crippen LogP contribution in [-0.4, -0.2) is 52.5 Å². The van der Waals surface area contributed by atoms with Crippen LogP contribution in [0.3, 0.4) is 0 Å². The van der Waals surface area contributed by atoms with Gasteiger partial charge in [0.1, 0.15) is 23.5 Å². The van der Waals surface area contributed by atoms with Crippen molar-refractivity contribution in [2.75, 3.05) is 25.7 Å². The summed E-state index contributed by atoms with van der Waals surface area (Å²) in [5, 5.41) is 20.3. The van der Waals surface area contributed by atoms with Crippen LogP contribution in [0, 0.1) is 5.92 Å². The highest BCUT2D eigenvalue weighted by Crippen LogP contribution is 2.35. The second-order valence-corrected chi connectivity index (χ2v) is 8.52. The van der Waals surface area contributed by atoms with Crippen molar-refractivity contribution in [3.63, 3.8) is 0 Å². The summed E-state index contributed by atoms with van der Waals surface area (Å²) in [4.78, 5) is 20.0. The predicted molar refractivity (Wildman–Crippen MR) is 128 cm³/mol. The van der Waals surface area contributed by atoms with Crippen LogP contribution in [0.25, 0.3) is 11.4 Å². The summed E-state index contributed by atoms with van der Waals surface area (Å²) in [5.41, 5.74) is 2.45. The number of ketones is 1. The van der Waals surface area contributed by atoms with Crippen molar-refractivity contribution < 1.29 is 19.7 Å². The molecule has 7 heteroatoms. The summed E-state index contributed by atoms with van der Waals surface area (Å²) in [6.07, 6.45) is 1.36. The average molecular weight is 450 g/mol. The minimum absolute atomic E-state index is 0.0148. The van der Waals surface area contributed by atoms with E-state index in [1.54, 1.807) is 19.1 Å². The van der Waals surface area contributed by atoms with Crippen molar-refractivity contribution in [3.05, 3.63) is 65.9 Å². The van der Waals surface area contributed by atoms with Crippen LogP contribution in [0.2, 0.25) is 0 Å². The molecule has 2 aromatic carbocycles. The van der Waals surface area contributed by atoms with E-state index in [1.165, 1.54) is 0 Å².